The van der Waals surface area contributed by atoms with Crippen molar-refractivity contribution in [2.24, 2.45) is 10.7 Å². The quantitative estimate of drug-likeness (QED) is 0.419. The average Bonchev–Trinajstić information content (AvgIpc) is 2.77. The van der Waals surface area contributed by atoms with E-state index in [1.807, 2.05) is 12.1 Å². The maximum Gasteiger partial charge on any atom is 0.251 e. The number of pyridine rings is 2. The lowest BCUT2D eigenvalue weighted by Gasteiger charge is -2.29. The molecule has 1 aliphatic rings. The first-order chi connectivity index (χ1) is 14.1. The maximum atomic E-state index is 12.3. The van der Waals surface area contributed by atoms with Crippen molar-refractivity contribution in [1.82, 2.24) is 25.9 Å². The Bertz CT molecular complexity index is 918. The third-order valence-electron chi connectivity index (χ3n) is 4.45. The second kappa shape index (κ2) is 9.65. The van der Waals surface area contributed by atoms with E-state index in [4.69, 9.17) is 10.7 Å². The van der Waals surface area contributed by atoms with Crippen molar-refractivity contribution in [3.05, 3.63) is 48.3 Å². The number of carbonyl (C=O) groups excluding carboxylic acids is 1. The van der Waals surface area contributed by atoms with Crippen LogP contribution in [0.2, 0.25) is 0 Å². The topological polar surface area (TPSA) is 121 Å². The average molecular weight is 394 g/mol. The summed E-state index contributed by atoms with van der Waals surface area (Å²) < 4.78 is 0. The van der Waals surface area contributed by atoms with Crippen LogP contribution in [0.15, 0.2) is 47.7 Å². The van der Waals surface area contributed by atoms with E-state index in [0.29, 0.717) is 22.9 Å². The molecule has 0 saturated carbocycles. The number of aliphatic imine (C=N–C) groups is 1. The fourth-order valence-corrected chi connectivity index (χ4v) is 2.97. The van der Waals surface area contributed by atoms with Crippen LogP contribution in [0, 0.1) is 0 Å². The van der Waals surface area contributed by atoms with Gasteiger partial charge < -0.3 is 26.6 Å². The van der Waals surface area contributed by atoms with Gasteiger partial charge >= 0.3 is 0 Å². The number of nitrogens with one attached hydrogen (secondary N) is 3. The number of anilines is 1. The Morgan fingerprint density at radius 1 is 1.28 bits per heavy atom. The van der Waals surface area contributed by atoms with Gasteiger partial charge in [0, 0.05) is 57.6 Å². The number of amides is 1. The van der Waals surface area contributed by atoms with Crippen LogP contribution in [0.25, 0.3) is 11.3 Å². The van der Waals surface area contributed by atoms with Gasteiger partial charge in [-0.2, -0.15) is 0 Å². The predicted octanol–water partition coefficient (Wildman–Crippen LogP) is 0.635. The molecule has 0 atom stereocenters. The van der Waals surface area contributed by atoms with E-state index >= 15 is 0 Å². The molecule has 3 heterocycles. The zero-order valence-electron chi connectivity index (χ0n) is 16.6. The first-order valence-electron chi connectivity index (χ1n) is 9.45. The third kappa shape index (κ3) is 5.29. The highest BCUT2D eigenvalue weighted by Gasteiger charge is 2.16. The van der Waals surface area contributed by atoms with Gasteiger partial charge in [0.15, 0.2) is 5.82 Å². The first kappa shape index (κ1) is 20.3. The lowest BCUT2D eigenvalue weighted by molar-refractivity contribution is 0.0963. The highest BCUT2D eigenvalue weighted by molar-refractivity contribution is 5.96. The van der Waals surface area contributed by atoms with Crippen molar-refractivity contribution in [1.29, 1.82) is 0 Å². The van der Waals surface area contributed by atoms with Crippen LogP contribution < -0.4 is 26.6 Å². The van der Waals surface area contributed by atoms with Crippen LogP contribution in [0.3, 0.4) is 0 Å². The molecule has 3 rings (SSSR count). The van der Waals surface area contributed by atoms with Crippen molar-refractivity contribution in [3.63, 3.8) is 0 Å². The van der Waals surface area contributed by atoms with Gasteiger partial charge in [-0.3, -0.25) is 4.79 Å². The van der Waals surface area contributed by atoms with Crippen LogP contribution >= 0.6 is 0 Å². The zero-order valence-corrected chi connectivity index (χ0v) is 16.6. The summed E-state index contributed by atoms with van der Waals surface area (Å²) in [4.78, 5) is 27.8. The molecule has 29 heavy (non-hydrogen) atoms. The summed E-state index contributed by atoms with van der Waals surface area (Å²) in [5.74, 6) is 1.42. The van der Waals surface area contributed by atoms with E-state index in [1.54, 1.807) is 44.7 Å². The van der Waals surface area contributed by atoms with Gasteiger partial charge in [0.2, 0.25) is 0 Å². The van der Waals surface area contributed by atoms with Crippen LogP contribution in [-0.2, 0) is 0 Å². The highest BCUT2D eigenvalue weighted by atomic mass is 16.1. The summed E-state index contributed by atoms with van der Waals surface area (Å²) in [6.45, 7) is 3.44. The van der Waals surface area contributed by atoms with Crippen molar-refractivity contribution < 1.29 is 4.79 Å². The van der Waals surface area contributed by atoms with Crippen LogP contribution in [0.1, 0.15) is 10.4 Å². The summed E-state index contributed by atoms with van der Waals surface area (Å²) in [6.07, 6.45) is 5.00. The molecule has 9 heteroatoms. The van der Waals surface area contributed by atoms with Crippen LogP contribution in [0.4, 0.5) is 11.6 Å². The lowest BCUT2D eigenvalue weighted by atomic mass is 10.1. The smallest absolute Gasteiger partial charge is 0.251 e. The number of hydrogen-bond donors (Lipinski definition) is 4. The molecule has 1 aliphatic heterocycles. The standard InChI is InChI=1S/C20H26N8O/c1-22-5-4-17(21)27-18-12-14(3-6-25-18)16-11-15(20(29)23-2)13-19(26-16)28-9-7-24-8-10-28/h3-6,11-13,22,24H,7-10H2,1-2H3,(H,23,29)(H2,21,25,27)/b5-4-. The van der Waals surface area contributed by atoms with E-state index < -0.39 is 0 Å². The normalized spacial score (nSPS) is 14.8. The molecule has 2 aromatic heterocycles. The minimum atomic E-state index is -0.154. The summed E-state index contributed by atoms with van der Waals surface area (Å²) in [5.41, 5.74) is 7.94. The predicted molar refractivity (Wildman–Crippen MR) is 115 cm³/mol. The van der Waals surface area contributed by atoms with E-state index in [2.05, 4.69) is 30.8 Å². The largest absolute Gasteiger partial charge is 0.394 e. The van der Waals surface area contributed by atoms with Crippen molar-refractivity contribution in [2.75, 3.05) is 45.2 Å². The summed E-state index contributed by atoms with van der Waals surface area (Å²) in [6, 6.07) is 7.25. The Kier molecular flexibility index (Phi) is 6.75. The van der Waals surface area contributed by atoms with Gasteiger partial charge in [-0.1, -0.05) is 0 Å². The zero-order chi connectivity index (χ0) is 20.6. The molecule has 152 valence electrons. The minimum absolute atomic E-state index is 0.154. The second-order valence-corrected chi connectivity index (χ2v) is 6.48. The molecule has 0 aromatic carbocycles. The van der Waals surface area contributed by atoms with Crippen molar-refractivity contribution in [2.45, 2.75) is 0 Å². The van der Waals surface area contributed by atoms with Gasteiger partial charge in [-0.05, 0) is 36.5 Å². The SMILES string of the molecule is CN/C=C\C(N)=Nc1cc(-c2cc(C(=O)NC)cc(N3CCNCC3)n2)ccn1. The van der Waals surface area contributed by atoms with Gasteiger partial charge in [0.05, 0.1) is 5.69 Å². The van der Waals surface area contributed by atoms with Gasteiger partial charge in [0.25, 0.3) is 5.91 Å². The number of amidine groups is 1. The van der Waals surface area contributed by atoms with E-state index in [0.717, 1.165) is 37.6 Å². The molecule has 0 unspecified atom stereocenters. The number of rotatable bonds is 6. The summed E-state index contributed by atoms with van der Waals surface area (Å²) in [5, 5.41) is 8.87. The van der Waals surface area contributed by atoms with E-state index in [1.165, 1.54) is 0 Å². The fraction of sp³-hybridized carbons (Fsp3) is 0.300. The lowest BCUT2D eigenvalue weighted by Crippen LogP contribution is -2.44. The molecular weight excluding hydrogens is 368 g/mol. The summed E-state index contributed by atoms with van der Waals surface area (Å²) >= 11 is 0. The Morgan fingerprint density at radius 3 is 2.79 bits per heavy atom. The molecule has 0 bridgehead atoms. The molecule has 0 aliphatic carbocycles. The molecular formula is C20H26N8O. The monoisotopic (exact) mass is 394 g/mol. The molecule has 2 aromatic rings. The molecule has 0 radical (unpaired) electrons. The van der Waals surface area contributed by atoms with Crippen molar-refractivity contribution >= 4 is 23.4 Å². The number of aromatic nitrogens is 2. The van der Waals surface area contributed by atoms with Crippen LogP contribution in [0.5, 0.6) is 0 Å². The molecule has 1 fully saturated rings. The fourth-order valence-electron chi connectivity index (χ4n) is 2.97. The first-order valence-corrected chi connectivity index (χ1v) is 9.45. The number of piperazine rings is 1. The van der Waals surface area contributed by atoms with Gasteiger partial charge in [0.1, 0.15) is 11.7 Å². The summed E-state index contributed by atoms with van der Waals surface area (Å²) in [7, 11) is 3.40. The molecule has 5 N–H and O–H groups in total. The number of nitrogens with two attached hydrogens (primary N) is 1. The Morgan fingerprint density at radius 2 is 2.07 bits per heavy atom. The van der Waals surface area contributed by atoms with E-state index in [-0.39, 0.29) is 5.91 Å². The Balaban J connectivity index is 1.99. The molecule has 9 nitrogen and oxygen atoms in total. The Hall–Kier alpha value is -3.46. The molecule has 1 saturated heterocycles. The number of carbonyl (C=O) groups is 1. The maximum absolute atomic E-state index is 12.3. The van der Waals surface area contributed by atoms with E-state index in [9.17, 15) is 4.79 Å². The molecule has 1 amide bonds. The van der Waals surface area contributed by atoms with Gasteiger partial charge in [-0.15, -0.1) is 0 Å². The van der Waals surface area contributed by atoms with Crippen molar-refractivity contribution in [3.8, 4) is 11.3 Å². The highest BCUT2D eigenvalue weighted by Crippen LogP contribution is 2.25. The minimum Gasteiger partial charge on any atom is -0.394 e. The second-order valence-electron chi connectivity index (χ2n) is 6.48. The van der Waals surface area contributed by atoms with Gasteiger partial charge in [-0.25, -0.2) is 15.0 Å². The third-order valence-corrected chi connectivity index (χ3v) is 4.45. The number of hydrogen-bond acceptors (Lipinski definition) is 7. The Labute approximate surface area is 170 Å². The molecule has 0 spiro atoms. The number of nitrogens with zero attached hydrogens (tertiary/aromatic N) is 4. The van der Waals surface area contributed by atoms with Crippen LogP contribution in [-0.4, -0.2) is 62.0 Å².